The molecule has 0 fully saturated rings. The highest BCUT2D eigenvalue weighted by atomic mass is 19.4. The Morgan fingerprint density at radius 3 is 2.70 bits per heavy atom. The maximum atomic E-state index is 13.2. The maximum absolute atomic E-state index is 13.2. The van der Waals surface area contributed by atoms with E-state index in [4.69, 9.17) is 9.47 Å². The number of esters is 1. The molecule has 0 N–H and O–H groups in total. The molecule has 1 aliphatic rings. The van der Waals surface area contributed by atoms with Gasteiger partial charge in [0.2, 0.25) is 0 Å². The standard InChI is InChI=1S/C17H18F3N3O4/c1-26-13-7-6-10(8-11(13)17(18,19)20)9-22-16(25)23-12(15(24)27-2)4-3-5-14(23)21-22/h6-8,12H,3-5,9H2,1-2H3/t12-/m1/s1. The lowest BCUT2D eigenvalue weighted by Gasteiger charge is -2.20. The third-order valence-corrected chi connectivity index (χ3v) is 4.51. The lowest BCUT2D eigenvalue weighted by molar-refractivity contribution is -0.145. The second kappa shape index (κ2) is 7.09. The zero-order chi connectivity index (χ0) is 19.8. The number of hydrogen-bond acceptors (Lipinski definition) is 5. The summed E-state index contributed by atoms with van der Waals surface area (Å²) in [4.78, 5) is 24.6. The number of aryl methyl sites for hydroxylation is 1. The summed E-state index contributed by atoms with van der Waals surface area (Å²) in [6, 6.07) is 2.82. The van der Waals surface area contributed by atoms with Gasteiger partial charge in [0.25, 0.3) is 0 Å². The minimum atomic E-state index is -4.59. The van der Waals surface area contributed by atoms with Crippen LogP contribution in [0.3, 0.4) is 0 Å². The Bertz CT molecular complexity index is 917. The first-order valence-electron chi connectivity index (χ1n) is 8.26. The van der Waals surface area contributed by atoms with Crippen molar-refractivity contribution >= 4 is 5.97 Å². The highest BCUT2D eigenvalue weighted by Gasteiger charge is 2.35. The Hall–Kier alpha value is -2.78. The van der Waals surface area contributed by atoms with E-state index in [2.05, 4.69) is 5.10 Å². The molecule has 27 heavy (non-hydrogen) atoms. The number of hydrogen-bond donors (Lipinski definition) is 0. The van der Waals surface area contributed by atoms with E-state index < -0.39 is 29.4 Å². The van der Waals surface area contributed by atoms with Gasteiger partial charge >= 0.3 is 17.8 Å². The molecule has 0 unspecified atom stereocenters. The Balaban J connectivity index is 1.97. The molecule has 1 atom stereocenters. The van der Waals surface area contributed by atoms with Crippen LogP contribution in [0.5, 0.6) is 5.75 Å². The molecule has 0 spiro atoms. The van der Waals surface area contributed by atoms with Gasteiger partial charge in [0, 0.05) is 6.42 Å². The van der Waals surface area contributed by atoms with Gasteiger partial charge in [-0.25, -0.2) is 14.3 Å². The number of nitrogens with zero attached hydrogens (tertiary/aromatic N) is 3. The first-order valence-corrected chi connectivity index (χ1v) is 8.26. The number of alkyl halides is 3. The molecule has 1 aromatic carbocycles. The van der Waals surface area contributed by atoms with Crippen molar-refractivity contribution in [2.45, 2.75) is 38.0 Å². The first kappa shape index (κ1) is 19.0. The van der Waals surface area contributed by atoms with Gasteiger partial charge < -0.3 is 9.47 Å². The largest absolute Gasteiger partial charge is 0.496 e. The van der Waals surface area contributed by atoms with Crippen LogP contribution in [0.4, 0.5) is 13.2 Å². The van der Waals surface area contributed by atoms with Crippen LogP contribution in [0.1, 0.15) is 35.8 Å². The molecule has 0 saturated carbocycles. The monoisotopic (exact) mass is 385 g/mol. The van der Waals surface area contributed by atoms with Gasteiger partial charge in [-0.3, -0.25) is 4.57 Å². The molecule has 3 rings (SSSR count). The molecule has 2 heterocycles. The van der Waals surface area contributed by atoms with E-state index in [1.54, 1.807) is 0 Å². The number of carbonyl (C=O) groups excluding carboxylic acids is 1. The smallest absolute Gasteiger partial charge is 0.419 e. The number of ether oxygens (including phenoxy) is 2. The number of aromatic nitrogens is 3. The Kier molecular flexibility index (Phi) is 4.99. The van der Waals surface area contributed by atoms with Crippen LogP contribution >= 0.6 is 0 Å². The van der Waals surface area contributed by atoms with Gasteiger partial charge in [0.1, 0.15) is 17.6 Å². The van der Waals surface area contributed by atoms with E-state index in [9.17, 15) is 22.8 Å². The zero-order valence-electron chi connectivity index (χ0n) is 14.7. The van der Waals surface area contributed by atoms with Crippen LogP contribution < -0.4 is 10.4 Å². The van der Waals surface area contributed by atoms with Gasteiger partial charge in [0.05, 0.1) is 26.3 Å². The van der Waals surface area contributed by atoms with Gasteiger partial charge in [-0.2, -0.15) is 18.3 Å². The van der Waals surface area contributed by atoms with Crippen LogP contribution in [0.2, 0.25) is 0 Å². The van der Waals surface area contributed by atoms with E-state index in [0.717, 1.165) is 17.9 Å². The van der Waals surface area contributed by atoms with Crippen molar-refractivity contribution in [1.82, 2.24) is 14.3 Å². The van der Waals surface area contributed by atoms with E-state index >= 15 is 0 Å². The van der Waals surface area contributed by atoms with Crippen molar-refractivity contribution in [2.24, 2.45) is 0 Å². The highest BCUT2D eigenvalue weighted by Crippen LogP contribution is 2.36. The summed E-state index contributed by atoms with van der Waals surface area (Å²) in [5, 5.41) is 4.19. The first-order chi connectivity index (χ1) is 12.8. The van der Waals surface area contributed by atoms with E-state index in [0.29, 0.717) is 25.1 Å². The summed E-state index contributed by atoms with van der Waals surface area (Å²) in [6.45, 7) is -0.153. The van der Waals surface area contributed by atoms with Crippen molar-refractivity contribution in [3.8, 4) is 5.75 Å². The van der Waals surface area contributed by atoms with Crippen molar-refractivity contribution in [3.05, 3.63) is 45.6 Å². The number of fused-ring (bicyclic) bond motifs is 1. The molecule has 146 valence electrons. The number of methoxy groups -OCH3 is 2. The van der Waals surface area contributed by atoms with Crippen molar-refractivity contribution < 1.29 is 27.4 Å². The van der Waals surface area contributed by atoms with E-state index in [1.165, 1.54) is 23.8 Å². The molecule has 7 nitrogen and oxygen atoms in total. The predicted molar refractivity (Wildman–Crippen MR) is 87.6 cm³/mol. The molecule has 0 saturated heterocycles. The second-order valence-corrected chi connectivity index (χ2v) is 6.19. The van der Waals surface area contributed by atoms with Crippen LogP contribution in [-0.4, -0.2) is 34.5 Å². The molecular weight excluding hydrogens is 367 g/mol. The van der Waals surface area contributed by atoms with Crippen LogP contribution in [0, 0.1) is 0 Å². The number of carbonyl (C=O) groups is 1. The summed E-state index contributed by atoms with van der Waals surface area (Å²) in [7, 11) is 2.40. The molecular formula is C17H18F3N3O4. The fraction of sp³-hybridized carbons (Fsp3) is 0.471. The minimum absolute atomic E-state index is 0.153. The van der Waals surface area contributed by atoms with Gasteiger partial charge in [-0.15, -0.1) is 0 Å². The maximum Gasteiger partial charge on any atom is 0.419 e. The summed E-state index contributed by atoms with van der Waals surface area (Å²) in [5.74, 6) is -0.416. The molecule has 0 amide bonds. The molecule has 0 aliphatic carbocycles. The molecule has 2 aromatic rings. The Morgan fingerprint density at radius 2 is 2.07 bits per heavy atom. The molecule has 0 radical (unpaired) electrons. The molecule has 1 aromatic heterocycles. The average Bonchev–Trinajstić information content (AvgIpc) is 2.96. The fourth-order valence-corrected chi connectivity index (χ4v) is 3.24. The van der Waals surface area contributed by atoms with Crippen LogP contribution in [0.25, 0.3) is 0 Å². The topological polar surface area (TPSA) is 75.3 Å². The Morgan fingerprint density at radius 1 is 1.33 bits per heavy atom. The third kappa shape index (κ3) is 3.56. The third-order valence-electron chi connectivity index (χ3n) is 4.51. The van der Waals surface area contributed by atoms with E-state index in [-0.39, 0.29) is 17.9 Å². The van der Waals surface area contributed by atoms with Gasteiger partial charge in [-0.05, 0) is 30.5 Å². The predicted octanol–water partition coefficient (Wildman–Crippen LogP) is 2.17. The quantitative estimate of drug-likeness (QED) is 0.754. The number of rotatable bonds is 4. The van der Waals surface area contributed by atoms with Crippen LogP contribution in [0.15, 0.2) is 23.0 Å². The van der Waals surface area contributed by atoms with Crippen LogP contribution in [-0.2, 0) is 28.7 Å². The summed E-state index contributed by atoms with van der Waals surface area (Å²) in [5.41, 5.74) is -1.23. The van der Waals surface area contributed by atoms with Crippen molar-refractivity contribution in [1.29, 1.82) is 0 Å². The summed E-state index contributed by atoms with van der Waals surface area (Å²) in [6.07, 6.45) is -2.97. The number of halogens is 3. The molecule has 0 bridgehead atoms. The SMILES string of the molecule is COC(=O)[C@H]1CCCc2nn(Cc3ccc(OC)c(C(F)(F)F)c3)c(=O)n21. The summed E-state index contributed by atoms with van der Waals surface area (Å²) < 4.78 is 51.4. The second-order valence-electron chi connectivity index (χ2n) is 6.19. The highest BCUT2D eigenvalue weighted by molar-refractivity contribution is 5.74. The average molecular weight is 385 g/mol. The fourth-order valence-electron chi connectivity index (χ4n) is 3.24. The number of benzene rings is 1. The minimum Gasteiger partial charge on any atom is -0.496 e. The van der Waals surface area contributed by atoms with Gasteiger partial charge in [0.15, 0.2) is 0 Å². The summed E-state index contributed by atoms with van der Waals surface area (Å²) >= 11 is 0. The van der Waals surface area contributed by atoms with Crippen molar-refractivity contribution in [2.75, 3.05) is 14.2 Å². The lowest BCUT2D eigenvalue weighted by atomic mass is 10.1. The molecule has 1 aliphatic heterocycles. The lowest BCUT2D eigenvalue weighted by Crippen LogP contribution is -2.35. The normalized spacial score (nSPS) is 16.7. The zero-order valence-corrected chi connectivity index (χ0v) is 14.7. The van der Waals surface area contributed by atoms with Crippen molar-refractivity contribution in [3.63, 3.8) is 0 Å². The Labute approximate surface area is 152 Å². The van der Waals surface area contributed by atoms with Gasteiger partial charge in [-0.1, -0.05) is 6.07 Å². The molecule has 10 heteroatoms. The van der Waals surface area contributed by atoms with E-state index in [1.807, 2.05) is 0 Å².